The molecule has 9 heteroatoms. The van der Waals surface area contributed by atoms with E-state index >= 15 is 0 Å². The van der Waals surface area contributed by atoms with Crippen LogP contribution in [-0.2, 0) is 11.3 Å². The van der Waals surface area contributed by atoms with Gasteiger partial charge in [-0.05, 0) is 6.92 Å². The fourth-order valence-electron chi connectivity index (χ4n) is 2.44. The molecule has 124 valence electrons. The van der Waals surface area contributed by atoms with Crippen LogP contribution in [0.1, 0.15) is 18.2 Å². The Morgan fingerprint density at radius 2 is 2.18 bits per heavy atom. The Bertz CT molecular complexity index is 642. The van der Waals surface area contributed by atoms with Crippen LogP contribution in [0.15, 0.2) is 15.8 Å². The number of ether oxygens (including phenoxy) is 1. The first-order valence-electron chi connectivity index (χ1n) is 6.90. The molecule has 1 aromatic rings. The standard InChI is InChI=1S/C13H19FN2O6/c1-7-4-15(11-2-9(19)10(6-17)22-11)13(21)16(12(7)20)5-8(18)3-14/h4,8-11,17-19H,2-3,5-6H2,1H3/t8?,9-,10-,11-/m0/s1. The maximum atomic E-state index is 12.4. The van der Waals surface area contributed by atoms with E-state index in [1.54, 1.807) is 0 Å². The van der Waals surface area contributed by atoms with Gasteiger partial charge in [0, 0.05) is 18.2 Å². The van der Waals surface area contributed by atoms with E-state index in [2.05, 4.69) is 0 Å². The van der Waals surface area contributed by atoms with Gasteiger partial charge in [0.2, 0.25) is 0 Å². The van der Waals surface area contributed by atoms with Gasteiger partial charge in [0.15, 0.2) is 0 Å². The van der Waals surface area contributed by atoms with Gasteiger partial charge in [-0.15, -0.1) is 0 Å². The lowest BCUT2D eigenvalue weighted by Crippen LogP contribution is -2.44. The van der Waals surface area contributed by atoms with Crippen LogP contribution in [0.25, 0.3) is 0 Å². The molecule has 0 aromatic carbocycles. The minimum atomic E-state index is -1.46. The molecule has 1 unspecified atom stereocenters. The molecule has 1 aliphatic heterocycles. The molecule has 1 saturated heterocycles. The van der Waals surface area contributed by atoms with Gasteiger partial charge in [-0.3, -0.25) is 13.9 Å². The van der Waals surface area contributed by atoms with Crippen molar-refractivity contribution >= 4 is 0 Å². The van der Waals surface area contributed by atoms with Gasteiger partial charge in [0.25, 0.3) is 5.56 Å². The van der Waals surface area contributed by atoms with Gasteiger partial charge in [-0.1, -0.05) is 0 Å². The smallest absolute Gasteiger partial charge is 0.333 e. The number of alkyl halides is 1. The minimum absolute atomic E-state index is 0.0778. The van der Waals surface area contributed by atoms with Crippen LogP contribution >= 0.6 is 0 Å². The molecule has 8 nitrogen and oxygen atoms in total. The first-order chi connectivity index (χ1) is 10.4. The third-order valence-corrected chi connectivity index (χ3v) is 3.63. The van der Waals surface area contributed by atoms with Gasteiger partial charge < -0.3 is 20.1 Å². The second-order valence-electron chi connectivity index (χ2n) is 5.34. The van der Waals surface area contributed by atoms with Crippen molar-refractivity contribution in [1.29, 1.82) is 0 Å². The Hall–Kier alpha value is -1.55. The van der Waals surface area contributed by atoms with Crippen molar-refractivity contribution in [1.82, 2.24) is 9.13 Å². The summed E-state index contributed by atoms with van der Waals surface area (Å²) in [7, 11) is 0. The van der Waals surface area contributed by atoms with Crippen molar-refractivity contribution in [2.45, 2.75) is 44.4 Å². The fraction of sp³-hybridized carbons (Fsp3) is 0.692. The molecule has 0 saturated carbocycles. The molecule has 1 aromatic heterocycles. The van der Waals surface area contributed by atoms with Crippen LogP contribution in [0, 0.1) is 6.92 Å². The van der Waals surface area contributed by atoms with E-state index in [9.17, 15) is 24.2 Å². The number of rotatable bonds is 5. The molecule has 3 N–H and O–H groups in total. The molecule has 0 spiro atoms. The molecule has 2 heterocycles. The Morgan fingerprint density at radius 1 is 1.50 bits per heavy atom. The van der Waals surface area contributed by atoms with Crippen LogP contribution in [-0.4, -0.2) is 56.0 Å². The summed E-state index contributed by atoms with van der Waals surface area (Å²) in [5, 5.41) is 28.1. The molecule has 0 radical (unpaired) electrons. The number of aliphatic hydroxyl groups is 3. The van der Waals surface area contributed by atoms with Crippen LogP contribution in [0.2, 0.25) is 0 Å². The van der Waals surface area contributed by atoms with Crippen LogP contribution < -0.4 is 11.2 Å². The van der Waals surface area contributed by atoms with Gasteiger partial charge in [0.1, 0.15) is 25.1 Å². The monoisotopic (exact) mass is 318 g/mol. The lowest BCUT2D eigenvalue weighted by atomic mass is 10.2. The highest BCUT2D eigenvalue weighted by Gasteiger charge is 2.35. The van der Waals surface area contributed by atoms with Gasteiger partial charge in [0.05, 0.1) is 19.3 Å². The zero-order valence-electron chi connectivity index (χ0n) is 12.1. The quantitative estimate of drug-likeness (QED) is 0.596. The Kier molecular flexibility index (Phi) is 5.12. The molecule has 4 atom stereocenters. The zero-order valence-corrected chi connectivity index (χ0v) is 12.1. The van der Waals surface area contributed by atoms with Crippen molar-refractivity contribution in [3.8, 4) is 0 Å². The number of aryl methyl sites for hydroxylation is 1. The highest BCUT2D eigenvalue weighted by molar-refractivity contribution is 5.04. The fourth-order valence-corrected chi connectivity index (χ4v) is 2.44. The molecule has 1 fully saturated rings. The lowest BCUT2D eigenvalue weighted by molar-refractivity contribution is -0.0465. The largest absolute Gasteiger partial charge is 0.394 e. The molecule has 0 amide bonds. The first-order valence-corrected chi connectivity index (χ1v) is 6.90. The van der Waals surface area contributed by atoms with Crippen LogP contribution in [0.5, 0.6) is 0 Å². The summed E-state index contributed by atoms with van der Waals surface area (Å²) < 4.78 is 19.7. The van der Waals surface area contributed by atoms with Crippen molar-refractivity contribution in [2.75, 3.05) is 13.3 Å². The number of hydrogen-bond donors (Lipinski definition) is 3. The van der Waals surface area contributed by atoms with Crippen molar-refractivity contribution < 1.29 is 24.4 Å². The average Bonchev–Trinajstić information content (AvgIpc) is 2.87. The maximum Gasteiger partial charge on any atom is 0.333 e. The van der Waals surface area contributed by atoms with E-state index in [1.165, 1.54) is 13.1 Å². The van der Waals surface area contributed by atoms with Gasteiger partial charge in [-0.2, -0.15) is 0 Å². The number of hydrogen-bond acceptors (Lipinski definition) is 6. The normalized spacial score (nSPS) is 26.3. The van der Waals surface area contributed by atoms with Crippen LogP contribution in [0.4, 0.5) is 4.39 Å². The van der Waals surface area contributed by atoms with Gasteiger partial charge in [-0.25, -0.2) is 9.18 Å². The Labute approximate surface area is 125 Å². The minimum Gasteiger partial charge on any atom is -0.394 e. The van der Waals surface area contributed by atoms with Crippen molar-refractivity contribution in [3.05, 3.63) is 32.6 Å². The highest BCUT2D eigenvalue weighted by atomic mass is 19.1. The van der Waals surface area contributed by atoms with Crippen LogP contribution in [0.3, 0.4) is 0 Å². The predicted molar refractivity (Wildman–Crippen MR) is 73.3 cm³/mol. The first kappa shape index (κ1) is 16.8. The molecular formula is C13H19FN2O6. The second kappa shape index (κ2) is 6.69. The number of halogens is 1. The zero-order chi connectivity index (χ0) is 16.4. The predicted octanol–water partition coefficient (Wildman–Crippen LogP) is -1.71. The third-order valence-electron chi connectivity index (χ3n) is 3.63. The van der Waals surface area contributed by atoms with E-state index in [-0.39, 0.29) is 12.0 Å². The van der Waals surface area contributed by atoms with E-state index in [0.29, 0.717) is 0 Å². The molecule has 22 heavy (non-hydrogen) atoms. The van der Waals surface area contributed by atoms with E-state index in [0.717, 1.165) is 9.13 Å². The lowest BCUT2D eigenvalue weighted by Gasteiger charge is -2.18. The van der Waals surface area contributed by atoms with E-state index < -0.39 is 55.6 Å². The second-order valence-corrected chi connectivity index (χ2v) is 5.34. The van der Waals surface area contributed by atoms with Crippen molar-refractivity contribution in [3.63, 3.8) is 0 Å². The summed E-state index contributed by atoms with van der Waals surface area (Å²) in [5.74, 6) is 0. The Morgan fingerprint density at radius 3 is 2.73 bits per heavy atom. The van der Waals surface area contributed by atoms with E-state index in [4.69, 9.17) is 9.84 Å². The average molecular weight is 318 g/mol. The maximum absolute atomic E-state index is 12.4. The van der Waals surface area contributed by atoms with Crippen molar-refractivity contribution in [2.24, 2.45) is 0 Å². The Balaban J connectivity index is 2.42. The summed E-state index contributed by atoms with van der Waals surface area (Å²) >= 11 is 0. The van der Waals surface area contributed by atoms with Gasteiger partial charge >= 0.3 is 5.69 Å². The summed E-state index contributed by atoms with van der Waals surface area (Å²) in [4.78, 5) is 24.3. The molecular weight excluding hydrogens is 299 g/mol. The molecule has 1 aliphatic rings. The number of nitrogens with zero attached hydrogens (tertiary/aromatic N) is 2. The summed E-state index contributed by atoms with van der Waals surface area (Å²) in [5.41, 5.74) is -1.17. The number of aliphatic hydroxyl groups excluding tert-OH is 3. The number of aromatic nitrogens is 2. The molecule has 0 aliphatic carbocycles. The van der Waals surface area contributed by atoms with E-state index in [1.807, 2.05) is 0 Å². The summed E-state index contributed by atoms with van der Waals surface area (Å²) in [6.07, 6.45) is -2.67. The summed E-state index contributed by atoms with van der Waals surface area (Å²) in [6, 6.07) is 0. The topological polar surface area (TPSA) is 114 Å². The third kappa shape index (κ3) is 3.12. The summed E-state index contributed by atoms with van der Waals surface area (Å²) in [6.45, 7) is -0.462. The molecule has 2 rings (SSSR count). The molecule has 0 bridgehead atoms. The SMILES string of the molecule is Cc1cn([C@@H]2C[C@H](O)[C@H](CO)O2)c(=O)n(CC(O)CF)c1=O. The highest BCUT2D eigenvalue weighted by Crippen LogP contribution is 2.27.